The van der Waals surface area contributed by atoms with Crippen molar-refractivity contribution in [1.82, 2.24) is 5.32 Å². The third-order valence-electron chi connectivity index (χ3n) is 5.85. The molecule has 0 aromatic rings. The van der Waals surface area contributed by atoms with Crippen LogP contribution in [0, 0.1) is 11.8 Å². The van der Waals surface area contributed by atoms with Crippen molar-refractivity contribution in [3.63, 3.8) is 0 Å². The molecule has 3 aliphatic rings. The second-order valence-corrected chi connectivity index (χ2v) is 7.12. The Morgan fingerprint density at radius 1 is 0.500 bits per heavy atom. The van der Waals surface area contributed by atoms with Gasteiger partial charge in [0.2, 0.25) is 0 Å². The van der Waals surface area contributed by atoms with Crippen LogP contribution in [0.3, 0.4) is 0 Å². The summed E-state index contributed by atoms with van der Waals surface area (Å²) in [5.74, 6) is 2.04. The predicted octanol–water partition coefficient (Wildman–Crippen LogP) is 4.66. The van der Waals surface area contributed by atoms with Gasteiger partial charge in [0, 0.05) is 12.1 Å². The number of rotatable bonds is 0. The Kier molecular flexibility index (Phi) is 4.62. The van der Waals surface area contributed by atoms with E-state index in [1.807, 2.05) is 0 Å². The maximum atomic E-state index is 4.09. The third-order valence-corrected chi connectivity index (χ3v) is 5.85. The van der Waals surface area contributed by atoms with Crippen LogP contribution in [0.25, 0.3) is 0 Å². The van der Waals surface area contributed by atoms with Gasteiger partial charge in [-0.3, -0.25) is 0 Å². The molecule has 4 unspecified atom stereocenters. The highest BCUT2D eigenvalue weighted by atomic mass is 15.0. The average molecular weight is 249 g/mol. The number of piperidine rings is 1. The molecule has 1 heterocycles. The van der Waals surface area contributed by atoms with Gasteiger partial charge < -0.3 is 5.32 Å². The SMILES string of the molecule is C1CCCC2NC3CCCCCCC3CC2CC1. The van der Waals surface area contributed by atoms with E-state index in [1.165, 1.54) is 77.0 Å². The Morgan fingerprint density at radius 2 is 0.944 bits per heavy atom. The van der Waals surface area contributed by atoms with Crippen molar-refractivity contribution in [3.8, 4) is 0 Å². The van der Waals surface area contributed by atoms with Crippen LogP contribution in [0.2, 0.25) is 0 Å². The summed E-state index contributed by atoms with van der Waals surface area (Å²) >= 11 is 0. The average Bonchev–Trinajstić information content (AvgIpc) is 2.32. The number of hydrogen-bond acceptors (Lipinski definition) is 1. The van der Waals surface area contributed by atoms with Gasteiger partial charge in [0.1, 0.15) is 0 Å². The molecule has 1 nitrogen and oxygen atoms in total. The Labute approximate surface area is 113 Å². The van der Waals surface area contributed by atoms with Crippen molar-refractivity contribution in [2.24, 2.45) is 11.8 Å². The summed E-state index contributed by atoms with van der Waals surface area (Å²) in [7, 11) is 0. The molecular weight excluding hydrogens is 218 g/mol. The van der Waals surface area contributed by atoms with Crippen LogP contribution in [0.15, 0.2) is 0 Å². The highest BCUT2D eigenvalue weighted by Gasteiger charge is 2.36. The zero-order valence-electron chi connectivity index (χ0n) is 12.0. The molecule has 0 spiro atoms. The molecule has 0 aromatic carbocycles. The van der Waals surface area contributed by atoms with Crippen LogP contribution < -0.4 is 5.32 Å². The molecule has 104 valence electrons. The smallest absolute Gasteiger partial charge is 0.00981 e. The Balaban J connectivity index is 1.64. The molecule has 3 fully saturated rings. The van der Waals surface area contributed by atoms with Gasteiger partial charge in [-0.15, -0.1) is 0 Å². The van der Waals surface area contributed by atoms with Crippen molar-refractivity contribution >= 4 is 0 Å². The molecule has 0 bridgehead atoms. The van der Waals surface area contributed by atoms with Gasteiger partial charge in [0.25, 0.3) is 0 Å². The third kappa shape index (κ3) is 3.10. The van der Waals surface area contributed by atoms with E-state index in [9.17, 15) is 0 Å². The molecule has 1 N–H and O–H groups in total. The minimum atomic E-state index is 0.881. The summed E-state index contributed by atoms with van der Waals surface area (Å²) in [6.45, 7) is 0. The van der Waals surface area contributed by atoms with Crippen LogP contribution in [-0.2, 0) is 0 Å². The fraction of sp³-hybridized carbons (Fsp3) is 1.00. The van der Waals surface area contributed by atoms with E-state index < -0.39 is 0 Å². The molecule has 2 aliphatic carbocycles. The molecule has 0 amide bonds. The molecule has 4 atom stereocenters. The molecule has 18 heavy (non-hydrogen) atoms. The van der Waals surface area contributed by atoms with Gasteiger partial charge in [0.05, 0.1) is 0 Å². The van der Waals surface area contributed by atoms with Gasteiger partial charge in [0.15, 0.2) is 0 Å². The van der Waals surface area contributed by atoms with Gasteiger partial charge in [-0.05, 0) is 43.9 Å². The van der Waals surface area contributed by atoms with Crippen molar-refractivity contribution in [2.45, 2.75) is 95.6 Å². The second-order valence-electron chi connectivity index (χ2n) is 7.12. The Morgan fingerprint density at radius 3 is 1.44 bits per heavy atom. The lowest BCUT2D eigenvalue weighted by Gasteiger charge is -2.45. The maximum Gasteiger partial charge on any atom is 0.00981 e. The highest BCUT2D eigenvalue weighted by Crippen LogP contribution is 2.38. The van der Waals surface area contributed by atoms with Crippen molar-refractivity contribution in [3.05, 3.63) is 0 Å². The summed E-state index contributed by atoms with van der Waals surface area (Å²) < 4.78 is 0. The van der Waals surface area contributed by atoms with E-state index in [0.717, 1.165) is 23.9 Å². The molecular formula is C17H31N. The normalized spacial score (nSPS) is 42.7. The summed E-state index contributed by atoms with van der Waals surface area (Å²) in [5.41, 5.74) is 0. The van der Waals surface area contributed by atoms with Crippen LogP contribution in [-0.4, -0.2) is 12.1 Å². The van der Waals surface area contributed by atoms with Crippen molar-refractivity contribution < 1.29 is 0 Å². The highest BCUT2D eigenvalue weighted by molar-refractivity contribution is 4.93. The quantitative estimate of drug-likeness (QED) is 0.658. The zero-order valence-corrected chi connectivity index (χ0v) is 12.0. The summed E-state index contributed by atoms with van der Waals surface area (Å²) in [4.78, 5) is 0. The first kappa shape index (κ1) is 13.0. The molecule has 1 saturated heterocycles. The van der Waals surface area contributed by atoms with Gasteiger partial charge in [-0.1, -0.05) is 51.4 Å². The molecule has 0 aromatic heterocycles. The minimum absolute atomic E-state index is 0.881. The van der Waals surface area contributed by atoms with Crippen LogP contribution >= 0.6 is 0 Å². The standard InChI is InChI=1S/C17H31N/c1-3-7-11-16-14(9-5-1)13-15-10-6-2-4-8-12-17(15)18-16/h14-18H,1-13H2. The number of nitrogens with one attached hydrogen (secondary N) is 1. The lowest BCUT2D eigenvalue weighted by Crippen LogP contribution is -2.52. The summed E-state index contributed by atoms with van der Waals surface area (Å²) in [6, 6.07) is 1.76. The first-order chi connectivity index (χ1) is 8.93. The van der Waals surface area contributed by atoms with Crippen molar-refractivity contribution in [1.29, 1.82) is 0 Å². The monoisotopic (exact) mass is 249 g/mol. The van der Waals surface area contributed by atoms with Crippen LogP contribution in [0.4, 0.5) is 0 Å². The van der Waals surface area contributed by atoms with E-state index in [0.29, 0.717) is 0 Å². The number of fused-ring (bicyclic) bond motifs is 2. The van der Waals surface area contributed by atoms with Gasteiger partial charge >= 0.3 is 0 Å². The fourth-order valence-electron chi connectivity index (χ4n) is 4.79. The lowest BCUT2D eigenvalue weighted by molar-refractivity contribution is 0.116. The molecule has 0 radical (unpaired) electrons. The molecule has 2 saturated carbocycles. The molecule has 3 rings (SSSR count). The minimum Gasteiger partial charge on any atom is -0.311 e. The van der Waals surface area contributed by atoms with Crippen molar-refractivity contribution in [2.75, 3.05) is 0 Å². The topological polar surface area (TPSA) is 12.0 Å². The lowest BCUT2D eigenvalue weighted by atomic mass is 9.72. The first-order valence-corrected chi connectivity index (χ1v) is 8.69. The molecule has 1 heteroatoms. The number of hydrogen-bond donors (Lipinski definition) is 1. The fourth-order valence-corrected chi connectivity index (χ4v) is 4.79. The van der Waals surface area contributed by atoms with E-state index >= 15 is 0 Å². The van der Waals surface area contributed by atoms with E-state index in [-0.39, 0.29) is 0 Å². The van der Waals surface area contributed by atoms with Gasteiger partial charge in [-0.2, -0.15) is 0 Å². The molecule has 1 aliphatic heterocycles. The van der Waals surface area contributed by atoms with Crippen LogP contribution in [0.5, 0.6) is 0 Å². The summed E-state index contributed by atoms with van der Waals surface area (Å²) in [5, 5.41) is 4.09. The first-order valence-electron chi connectivity index (χ1n) is 8.69. The van der Waals surface area contributed by atoms with E-state index in [4.69, 9.17) is 0 Å². The predicted molar refractivity (Wildman–Crippen MR) is 77.7 cm³/mol. The van der Waals surface area contributed by atoms with E-state index in [2.05, 4.69) is 5.32 Å². The Bertz CT molecular complexity index is 200. The van der Waals surface area contributed by atoms with Gasteiger partial charge in [-0.25, -0.2) is 0 Å². The maximum absolute atomic E-state index is 4.09. The van der Waals surface area contributed by atoms with Crippen LogP contribution in [0.1, 0.15) is 83.5 Å². The van der Waals surface area contributed by atoms with E-state index in [1.54, 1.807) is 6.42 Å². The Hall–Kier alpha value is -0.0400. The second kappa shape index (κ2) is 6.41. The zero-order chi connectivity index (χ0) is 12.2. The summed E-state index contributed by atoms with van der Waals surface area (Å²) in [6.07, 6.45) is 19.4. The largest absolute Gasteiger partial charge is 0.311 e.